The highest BCUT2D eigenvalue weighted by Crippen LogP contribution is 2.27. The minimum absolute atomic E-state index is 0. The molecule has 16 heavy (non-hydrogen) atoms. The van der Waals surface area contributed by atoms with Crippen molar-refractivity contribution in [3.05, 3.63) is 12.3 Å². The topological polar surface area (TPSA) is 64.0 Å². The molecule has 0 atom stereocenters. The molecule has 1 aliphatic rings. The van der Waals surface area contributed by atoms with Gasteiger partial charge < -0.3 is 5.32 Å². The zero-order valence-corrected chi connectivity index (χ0v) is 8.56. The largest absolute Gasteiger partial charge is 0.303 e. The molecule has 1 N–H and O–H groups in total. The first kappa shape index (κ1) is 12.4. The molecule has 1 saturated carbocycles. The van der Waals surface area contributed by atoms with Gasteiger partial charge in [-0.1, -0.05) is 13.8 Å². The lowest BCUT2D eigenvalue weighted by molar-refractivity contribution is -0.138. The van der Waals surface area contributed by atoms with Crippen molar-refractivity contribution in [1.29, 1.82) is 0 Å². The third-order valence-electron chi connectivity index (χ3n) is 2.65. The van der Waals surface area contributed by atoms with E-state index in [-0.39, 0.29) is 19.1 Å². The number of nitrogens with zero attached hydrogens (tertiary/aromatic N) is 2. The number of carbonyl (C=O) groups is 2. The number of nitrogens with one attached hydrogen (secondary N) is 1. The fourth-order valence-corrected chi connectivity index (χ4v) is 1.52. The summed E-state index contributed by atoms with van der Waals surface area (Å²) in [6.07, 6.45) is 4.44. The summed E-state index contributed by atoms with van der Waals surface area (Å²) in [5.41, 5.74) is 0. The molecule has 1 aromatic heterocycles. The van der Waals surface area contributed by atoms with Crippen LogP contribution in [-0.4, -0.2) is 21.5 Å². The molecule has 0 unspecified atom stereocenters. The zero-order valence-electron chi connectivity index (χ0n) is 8.56. The number of rotatable bonds is 3. The Balaban J connectivity index is 0.00000128. The summed E-state index contributed by atoms with van der Waals surface area (Å²) in [5.74, 6) is -0.491. The number of anilines is 1. The van der Waals surface area contributed by atoms with Gasteiger partial charge >= 0.3 is 0 Å². The molecule has 1 aliphatic carbocycles. The number of aryl methyl sites for hydroxylation is 1. The van der Waals surface area contributed by atoms with Gasteiger partial charge in [-0.2, -0.15) is 5.10 Å². The predicted molar refractivity (Wildman–Crippen MR) is 60.9 cm³/mol. The van der Waals surface area contributed by atoms with Crippen molar-refractivity contribution in [2.75, 3.05) is 5.32 Å². The number of carbonyl (C=O) groups excluding carboxylic acids is 2. The van der Waals surface area contributed by atoms with Gasteiger partial charge in [-0.25, -0.2) is 0 Å². The normalized spacial score (nSPS) is 14.8. The lowest BCUT2D eigenvalue weighted by atomic mass is 9.82. The van der Waals surface area contributed by atoms with Crippen molar-refractivity contribution in [2.24, 2.45) is 13.0 Å². The molecule has 2 rings (SSSR count). The Morgan fingerprint density at radius 3 is 2.62 bits per heavy atom. The number of ketones is 1. The van der Waals surface area contributed by atoms with Crippen molar-refractivity contribution in [3.8, 4) is 0 Å². The van der Waals surface area contributed by atoms with E-state index in [2.05, 4.69) is 10.4 Å². The zero-order chi connectivity index (χ0) is 10.8. The molecule has 5 nitrogen and oxygen atoms in total. The Kier molecular flexibility index (Phi) is 3.82. The Bertz CT molecular complexity index is 394. The van der Waals surface area contributed by atoms with Crippen molar-refractivity contribution in [1.82, 2.24) is 9.78 Å². The van der Waals surface area contributed by atoms with Crippen LogP contribution in [0.4, 0.5) is 5.82 Å². The molecule has 0 radical (unpaired) electrons. The SMILES string of the molecule is C.Cn1ccc(NC(=O)C(=O)C2CCC2)n1. The van der Waals surface area contributed by atoms with E-state index in [1.165, 1.54) is 0 Å². The third kappa shape index (κ3) is 2.48. The number of hydrogen-bond donors (Lipinski definition) is 1. The van der Waals surface area contributed by atoms with Crippen LogP contribution in [0.1, 0.15) is 26.7 Å². The molecule has 5 heteroatoms. The molecule has 1 amide bonds. The highest BCUT2D eigenvalue weighted by molar-refractivity contribution is 6.41. The van der Waals surface area contributed by atoms with Crippen LogP contribution in [0, 0.1) is 5.92 Å². The van der Waals surface area contributed by atoms with Gasteiger partial charge in [-0.15, -0.1) is 0 Å². The van der Waals surface area contributed by atoms with Crippen LogP contribution in [-0.2, 0) is 16.6 Å². The fraction of sp³-hybridized carbons (Fsp3) is 0.545. The van der Waals surface area contributed by atoms with Crippen LogP contribution in [0.2, 0.25) is 0 Å². The second-order valence-electron chi connectivity index (χ2n) is 3.82. The first-order chi connectivity index (χ1) is 7.16. The maximum Gasteiger partial charge on any atom is 0.293 e. The predicted octanol–water partition coefficient (Wildman–Crippen LogP) is 1.36. The van der Waals surface area contributed by atoms with Gasteiger partial charge in [0.1, 0.15) is 0 Å². The number of hydrogen-bond acceptors (Lipinski definition) is 3. The van der Waals surface area contributed by atoms with Gasteiger partial charge in [0.05, 0.1) is 0 Å². The van der Waals surface area contributed by atoms with Crippen LogP contribution in [0.5, 0.6) is 0 Å². The smallest absolute Gasteiger partial charge is 0.293 e. The first-order valence-corrected chi connectivity index (χ1v) is 5.01. The lowest BCUT2D eigenvalue weighted by Gasteiger charge is -2.22. The number of aromatic nitrogens is 2. The van der Waals surface area contributed by atoms with Gasteiger partial charge in [-0.05, 0) is 12.8 Å². The summed E-state index contributed by atoms with van der Waals surface area (Å²) in [7, 11) is 1.75. The lowest BCUT2D eigenvalue weighted by Crippen LogP contribution is -2.33. The molecular formula is C11H17N3O2. The van der Waals surface area contributed by atoms with E-state index in [9.17, 15) is 9.59 Å². The van der Waals surface area contributed by atoms with Crippen LogP contribution in [0.15, 0.2) is 12.3 Å². The summed E-state index contributed by atoms with van der Waals surface area (Å²) >= 11 is 0. The second kappa shape index (κ2) is 4.92. The maximum absolute atomic E-state index is 11.5. The fourth-order valence-electron chi connectivity index (χ4n) is 1.52. The van der Waals surface area contributed by atoms with Crippen molar-refractivity contribution >= 4 is 17.5 Å². The van der Waals surface area contributed by atoms with Crippen molar-refractivity contribution in [2.45, 2.75) is 26.7 Å². The molecule has 0 saturated heterocycles. The van der Waals surface area contributed by atoms with Crippen LogP contribution in [0.25, 0.3) is 0 Å². The second-order valence-corrected chi connectivity index (χ2v) is 3.82. The van der Waals surface area contributed by atoms with Crippen LogP contribution >= 0.6 is 0 Å². The van der Waals surface area contributed by atoms with Gasteiger partial charge in [0.15, 0.2) is 5.82 Å². The van der Waals surface area contributed by atoms with E-state index in [1.54, 1.807) is 24.0 Å². The Hall–Kier alpha value is -1.65. The third-order valence-corrected chi connectivity index (χ3v) is 2.65. The Morgan fingerprint density at radius 1 is 1.50 bits per heavy atom. The molecule has 0 spiro atoms. The van der Waals surface area contributed by atoms with Crippen LogP contribution < -0.4 is 5.32 Å². The van der Waals surface area contributed by atoms with E-state index < -0.39 is 5.91 Å². The highest BCUT2D eigenvalue weighted by atomic mass is 16.2. The van der Waals surface area contributed by atoms with E-state index in [0.29, 0.717) is 5.82 Å². The first-order valence-electron chi connectivity index (χ1n) is 5.01. The average Bonchev–Trinajstić information content (AvgIpc) is 2.48. The van der Waals surface area contributed by atoms with Gasteiger partial charge in [-0.3, -0.25) is 14.3 Å². The molecule has 0 aliphatic heterocycles. The molecule has 0 aromatic carbocycles. The summed E-state index contributed by atoms with van der Waals surface area (Å²) in [6.45, 7) is 0. The molecule has 1 aromatic rings. The monoisotopic (exact) mass is 223 g/mol. The Labute approximate surface area is 94.8 Å². The highest BCUT2D eigenvalue weighted by Gasteiger charge is 2.30. The minimum Gasteiger partial charge on any atom is -0.303 e. The van der Waals surface area contributed by atoms with Gasteiger partial charge in [0, 0.05) is 25.2 Å². The summed E-state index contributed by atoms with van der Waals surface area (Å²) in [6, 6.07) is 1.66. The quantitative estimate of drug-likeness (QED) is 0.787. The minimum atomic E-state index is -0.543. The number of amides is 1. The molecule has 1 fully saturated rings. The van der Waals surface area contributed by atoms with E-state index in [4.69, 9.17) is 0 Å². The van der Waals surface area contributed by atoms with Gasteiger partial charge in [0.2, 0.25) is 5.78 Å². The molecule has 1 heterocycles. The van der Waals surface area contributed by atoms with Crippen molar-refractivity contribution < 1.29 is 9.59 Å². The maximum atomic E-state index is 11.5. The van der Waals surface area contributed by atoms with Crippen LogP contribution in [0.3, 0.4) is 0 Å². The summed E-state index contributed by atoms with van der Waals surface area (Å²) in [4.78, 5) is 22.9. The Morgan fingerprint density at radius 2 is 2.19 bits per heavy atom. The average molecular weight is 223 g/mol. The van der Waals surface area contributed by atoms with Crippen molar-refractivity contribution in [3.63, 3.8) is 0 Å². The van der Waals surface area contributed by atoms with E-state index in [0.717, 1.165) is 19.3 Å². The molecular weight excluding hydrogens is 206 g/mol. The van der Waals surface area contributed by atoms with Gasteiger partial charge in [0.25, 0.3) is 5.91 Å². The molecule has 0 bridgehead atoms. The van der Waals surface area contributed by atoms with E-state index >= 15 is 0 Å². The summed E-state index contributed by atoms with van der Waals surface area (Å²) < 4.78 is 1.57. The number of Topliss-reactive ketones (excluding diaryl/α,β-unsaturated/α-hetero) is 1. The standard InChI is InChI=1S/C10H13N3O2.CH4/c1-13-6-5-8(12-13)11-10(15)9(14)7-3-2-4-7;/h5-7H,2-4H2,1H3,(H,11,12,15);1H4. The van der Waals surface area contributed by atoms with E-state index in [1.807, 2.05) is 0 Å². The molecule has 88 valence electrons. The summed E-state index contributed by atoms with van der Waals surface area (Å²) in [5, 5.41) is 6.46.